The zero-order valence-electron chi connectivity index (χ0n) is 12.6. The Morgan fingerprint density at radius 2 is 2.19 bits per heavy atom. The van der Waals surface area contributed by atoms with Crippen molar-refractivity contribution in [2.45, 2.75) is 38.1 Å². The van der Waals surface area contributed by atoms with Crippen molar-refractivity contribution in [1.82, 2.24) is 4.90 Å². The van der Waals surface area contributed by atoms with Gasteiger partial charge >= 0.3 is 0 Å². The number of methoxy groups -OCH3 is 1. The Hall–Kier alpha value is -1.26. The molecule has 1 heterocycles. The van der Waals surface area contributed by atoms with Gasteiger partial charge in [0.15, 0.2) is 0 Å². The Balaban J connectivity index is 0.00000220. The van der Waals surface area contributed by atoms with Gasteiger partial charge in [0.2, 0.25) is 5.91 Å². The second-order valence-corrected chi connectivity index (χ2v) is 5.29. The molecule has 1 saturated heterocycles. The van der Waals surface area contributed by atoms with E-state index in [1.165, 1.54) is 5.56 Å². The molecule has 1 aliphatic rings. The summed E-state index contributed by atoms with van der Waals surface area (Å²) in [6, 6.07) is 8.36. The van der Waals surface area contributed by atoms with E-state index in [1.54, 1.807) is 7.11 Å². The molecule has 4 nitrogen and oxygen atoms in total. The Bertz CT molecular complexity index is 454. The Kier molecular flexibility index (Phi) is 7.54. The lowest BCUT2D eigenvalue weighted by Gasteiger charge is -2.25. The van der Waals surface area contributed by atoms with Gasteiger partial charge < -0.3 is 15.4 Å². The predicted molar refractivity (Wildman–Crippen MR) is 87.0 cm³/mol. The number of likely N-dealkylation sites (tertiary alicyclic amines) is 1. The topological polar surface area (TPSA) is 55.6 Å². The van der Waals surface area contributed by atoms with Gasteiger partial charge in [0.25, 0.3) is 0 Å². The third-order valence-electron chi connectivity index (χ3n) is 3.94. The molecule has 1 amide bonds. The van der Waals surface area contributed by atoms with Crippen LogP contribution in [0.5, 0.6) is 5.75 Å². The quantitative estimate of drug-likeness (QED) is 0.877. The number of para-hydroxylation sites is 1. The number of hydrogen-bond donors (Lipinski definition) is 1. The minimum Gasteiger partial charge on any atom is -0.496 e. The van der Waals surface area contributed by atoms with Gasteiger partial charge in [-0.1, -0.05) is 18.2 Å². The van der Waals surface area contributed by atoms with Gasteiger partial charge in [-0.25, -0.2) is 0 Å². The fraction of sp³-hybridized carbons (Fsp3) is 0.562. The zero-order valence-corrected chi connectivity index (χ0v) is 13.4. The lowest BCUT2D eigenvalue weighted by atomic mass is 10.0. The van der Waals surface area contributed by atoms with Gasteiger partial charge in [0, 0.05) is 19.0 Å². The summed E-state index contributed by atoms with van der Waals surface area (Å²) in [5.74, 6) is 1.15. The lowest BCUT2D eigenvalue weighted by Crippen LogP contribution is -2.37. The first-order chi connectivity index (χ1) is 9.76. The number of amides is 1. The number of carbonyl (C=O) groups excluding carboxylic acids is 1. The molecule has 0 bridgehead atoms. The molecule has 0 spiro atoms. The summed E-state index contributed by atoms with van der Waals surface area (Å²) >= 11 is 0. The zero-order chi connectivity index (χ0) is 14.4. The number of ether oxygens (including phenoxy) is 1. The first kappa shape index (κ1) is 17.8. The van der Waals surface area contributed by atoms with Crippen LogP contribution in [0.2, 0.25) is 0 Å². The van der Waals surface area contributed by atoms with E-state index in [4.69, 9.17) is 10.5 Å². The van der Waals surface area contributed by atoms with Gasteiger partial charge in [-0.05, 0) is 43.9 Å². The molecule has 1 unspecified atom stereocenters. The molecule has 1 aromatic carbocycles. The second kappa shape index (κ2) is 8.90. The fourth-order valence-corrected chi connectivity index (χ4v) is 2.90. The Morgan fingerprint density at radius 1 is 1.43 bits per heavy atom. The molecule has 118 valence electrons. The number of halogens is 1. The van der Waals surface area contributed by atoms with Gasteiger partial charge in [0.1, 0.15) is 5.75 Å². The summed E-state index contributed by atoms with van der Waals surface area (Å²) in [7, 11) is 1.69. The second-order valence-electron chi connectivity index (χ2n) is 5.29. The van der Waals surface area contributed by atoms with E-state index >= 15 is 0 Å². The summed E-state index contributed by atoms with van der Waals surface area (Å²) in [5.41, 5.74) is 6.66. The number of hydrogen-bond acceptors (Lipinski definition) is 3. The normalized spacial score (nSPS) is 17.4. The van der Waals surface area contributed by atoms with Gasteiger partial charge in [-0.2, -0.15) is 0 Å². The number of nitrogens with two attached hydrogens (primary N) is 1. The van der Waals surface area contributed by atoms with Crippen LogP contribution in [-0.4, -0.2) is 37.0 Å². The minimum atomic E-state index is 0. The maximum absolute atomic E-state index is 12.2. The maximum Gasteiger partial charge on any atom is 0.222 e. The molecule has 21 heavy (non-hydrogen) atoms. The van der Waals surface area contributed by atoms with E-state index in [-0.39, 0.29) is 18.3 Å². The van der Waals surface area contributed by atoms with Crippen molar-refractivity contribution in [1.29, 1.82) is 0 Å². The molecule has 1 aliphatic heterocycles. The average Bonchev–Trinajstić information content (AvgIpc) is 2.93. The van der Waals surface area contributed by atoms with Crippen LogP contribution in [0.1, 0.15) is 31.2 Å². The third kappa shape index (κ3) is 4.61. The molecule has 1 aromatic rings. The van der Waals surface area contributed by atoms with Crippen molar-refractivity contribution in [2.24, 2.45) is 5.73 Å². The van der Waals surface area contributed by atoms with Gasteiger partial charge in [-0.3, -0.25) is 4.79 Å². The smallest absolute Gasteiger partial charge is 0.222 e. The van der Waals surface area contributed by atoms with Crippen LogP contribution in [0.15, 0.2) is 24.3 Å². The van der Waals surface area contributed by atoms with Crippen LogP contribution < -0.4 is 10.5 Å². The lowest BCUT2D eigenvalue weighted by molar-refractivity contribution is -0.132. The molecule has 0 aliphatic carbocycles. The van der Waals surface area contributed by atoms with E-state index in [9.17, 15) is 4.79 Å². The van der Waals surface area contributed by atoms with Crippen LogP contribution in [0, 0.1) is 0 Å². The largest absolute Gasteiger partial charge is 0.496 e. The summed E-state index contributed by atoms with van der Waals surface area (Å²) in [6.45, 7) is 1.46. The predicted octanol–water partition coefficient (Wildman–Crippen LogP) is 2.39. The summed E-state index contributed by atoms with van der Waals surface area (Å²) in [5, 5.41) is 0. The van der Waals surface area contributed by atoms with Gasteiger partial charge in [-0.15, -0.1) is 12.4 Å². The molecule has 0 radical (unpaired) electrons. The number of carbonyl (C=O) groups is 1. The van der Waals surface area contributed by atoms with Crippen LogP contribution in [0.3, 0.4) is 0 Å². The number of rotatable bonds is 6. The summed E-state index contributed by atoms with van der Waals surface area (Å²) in [6.07, 6.45) is 4.38. The number of benzene rings is 1. The third-order valence-corrected chi connectivity index (χ3v) is 3.94. The Morgan fingerprint density at radius 3 is 2.90 bits per heavy atom. The van der Waals surface area contributed by atoms with Crippen molar-refractivity contribution in [3.05, 3.63) is 29.8 Å². The fourth-order valence-electron chi connectivity index (χ4n) is 2.90. The first-order valence-corrected chi connectivity index (χ1v) is 7.37. The van der Waals surface area contributed by atoms with Crippen LogP contribution >= 0.6 is 12.4 Å². The molecular formula is C16H25ClN2O2. The van der Waals surface area contributed by atoms with E-state index in [2.05, 4.69) is 6.07 Å². The van der Waals surface area contributed by atoms with Crippen LogP contribution in [0.4, 0.5) is 0 Å². The van der Waals surface area contributed by atoms with Crippen molar-refractivity contribution in [3.63, 3.8) is 0 Å². The van der Waals surface area contributed by atoms with Crippen LogP contribution in [0.25, 0.3) is 0 Å². The minimum absolute atomic E-state index is 0. The van der Waals surface area contributed by atoms with E-state index < -0.39 is 0 Å². The number of nitrogens with zero attached hydrogens (tertiary/aromatic N) is 1. The highest BCUT2D eigenvalue weighted by molar-refractivity contribution is 5.85. The molecule has 0 aromatic heterocycles. The van der Waals surface area contributed by atoms with E-state index in [0.717, 1.165) is 38.0 Å². The van der Waals surface area contributed by atoms with Crippen LogP contribution in [-0.2, 0) is 11.2 Å². The van der Waals surface area contributed by atoms with Crippen molar-refractivity contribution in [3.8, 4) is 5.75 Å². The van der Waals surface area contributed by atoms with Crippen molar-refractivity contribution >= 4 is 18.3 Å². The van der Waals surface area contributed by atoms with E-state index in [1.807, 2.05) is 23.1 Å². The monoisotopic (exact) mass is 312 g/mol. The SMILES string of the molecule is COc1ccccc1CC1CCCN1C(=O)CCCN.Cl. The van der Waals surface area contributed by atoms with E-state index in [0.29, 0.717) is 19.0 Å². The average molecular weight is 313 g/mol. The summed E-state index contributed by atoms with van der Waals surface area (Å²) < 4.78 is 5.40. The molecule has 2 rings (SSSR count). The van der Waals surface area contributed by atoms with Gasteiger partial charge in [0.05, 0.1) is 7.11 Å². The van der Waals surface area contributed by atoms with Crippen molar-refractivity contribution in [2.75, 3.05) is 20.2 Å². The summed E-state index contributed by atoms with van der Waals surface area (Å²) in [4.78, 5) is 14.2. The molecule has 5 heteroatoms. The molecule has 1 atom stereocenters. The molecule has 2 N–H and O–H groups in total. The highest BCUT2D eigenvalue weighted by atomic mass is 35.5. The Labute approximate surface area is 133 Å². The highest BCUT2D eigenvalue weighted by Crippen LogP contribution is 2.26. The standard InChI is InChI=1S/C16H24N2O2.ClH/c1-20-15-8-3-2-6-13(15)12-14-7-5-11-18(14)16(19)9-4-10-17;/h2-3,6,8,14H,4-5,7,9-12,17H2,1H3;1H. The first-order valence-electron chi connectivity index (χ1n) is 7.37. The van der Waals surface area contributed by atoms with Crippen molar-refractivity contribution < 1.29 is 9.53 Å². The molecular weight excluding hydrogens is 288 g/mol. The highest BCUT2D eigenvalue weighted by Gasteiger charge is 2.28. The molecule has 0 saturated carbocycles. The maximum atomic E-state index is 12.2. The molecule has 1 fully saturated rings.